The highest BCUT2D eigenvalue weighted by atomic mass is 32.2. The van der Waals surface area contributed by atoms with Crippen LogP contribution in [0.2, 0.25) is 0 Å². The molecule has 136 valence electrons. The average Bonchev–Trinajstić information content (AvgIpc) is 3.16. The van der Waals surface area contributed by atoms with Gasteiger partial charge in [-0.25, -0.2) is 17.7 Å². The van der Waals surface area contributed by atoms with Gasteiger partial charge in [0, 0.05) is 11.1 Å². The van der Waals surface area contributed by atoms with Gasteiger partial charge in [-0.2, -0.15) is 0 Å². The van der Waals surface area contributed by atoms with Crippen LogP contribution in [0.25, 0.3) is 0 Å². The fourth-order valence-electron chi connectivity index (χ4n) is 2.45. The van der Waals surface area contributed by atoms with Gasteiger partial charge in [-0.05, 0) is 48.4 Å². The number of nitrogens with two attached hydrogens (primary N) is 1. The summed E-state index contributed by atoms with van der Waals surface area (Å²) >= 11 is 1.34. The Hall–Kier alpha value is -2.58. The van der Waals surface area contributed by atoms with E-state index in [4.69, 9.17) is 10.5 Å². The third kappa shape index (κ3) is 3.66. The number of benzene rings is 2. The van der Waals surface area contributed by atoms with Crippen molar-refractivity contribution in [3.8, 4) is 5.75 Å². The lowest BCUT2D eigenvalue weighted by Crippen LogP contribution is -2.31. The van der Waals surface area contributed by atoms with E-state index in [2.05, 4.69) is 4.98 Å². The number of aromatic nitrogens is 1. The summed E-state index contributed by atoms with van der Waals surface area (Å²) in [4.78, 5) is 4.38. The molecule has 0 unspecified atom stereocenters. The summed E-state index contributed by atoms with van der Waals surface area (Å²) < 4.78 is 32.9. The largest absolute Gasteiger partial charge is 0.497 e. The number of ether oxygens (including phenoxy) is 1. The Morgan fingerprint density at radius 1 is 1.19 bits per heavy atom. The summed E-state index contributed by atoms with van der Waals surface area (Å²) in [5, 5.41) is 1.71. The summed E-state index contributed by atoms with van der Waals surface area (Å²) in [7, 11) is -2.20. The third-order valence-corrected chi connectivity index (χ3v) is 6.31. The molecule has 3 aromatic rings. The Balaban J connectivity index is 2.01. The summed E-state index contributed by atoms with van der Waals surface area (Å²) in [5.41, 5.74) is 9.53. The van der Waals surface area contributed by atoms with Crippen LogP contribution in [0.1, 0.15) is 11.1 Å². The van der Waals surface area contributed by atoms with Crippen molar-refractivity contribution in [1.82, 2.24) is 4.98 Å². The smallest absolute Gasteiger partial charge is 0.265 e. The van der Waals surface area contributed by atoms with Crippen LogP contribution in [0.5, 0.6) is 5.75 Å². The zero-order chi connectivity index (χ0) is 18.7. The van der Waals surface area contributed by atoms with Crippen molar-refractivity contribution < 1.29 is 13.2 Å². The zero-order valence-electron chi connectivity index (χ0n) is 14.4. The quantitative estimate of drug-likeness (QED) is 0.653. The van der Waals surface area contributed by atoms with Crippen LogP contribution < -0.4 is 14.8 Å². The molecule has 2 aromatic carbocycles. The van der Waals surface area contributed by atoms with E-state index in [1.165, 1.54) is 21.7 Å². The number of hydrogen-bond donors (Lipinski definition) is 1. The molecule has 26 heavy (non-hydrogen) atoms. The number of methoxy groups -OCH3 is 1. The van der Waals surface area contributed by atoms with Crippen LogP contribution in [0.3, 0.4) is 0 Å². The van der Waals surface area contributed by atoms with Crippen molar-refractivity contribution in [3.63, 3.8) is 0 Å². The average molecular weight is 390 g/mol. The van der Waals surface area contributed by atoms with Crippen LogP contribution in [0.15, 0.2) is 58.3 Å². The SMILES string of the molecule is COc1ccc(CN(c2cscn2)S(=O)(=O)c2ccc(N)c(C)c2)cc1. The molecule has 0 aliphatic carbocycles. The van der Waals surface area contributed by atoms with E-state index >= 15 is 0 Å². The molecule has 0 radical (unpaired) electrons. The topological polar surface area (TPSA) is 85.5 Å². The van der Waals surface area contributed by atoms with Crippen LogP contribution in [-0.4, -0.2) is 20.5 Å². The first kappa shape index (κ1) is 18.2. The third-order valence-electron chi connectivity index (χ3n) is 3.99. The maximum absolute atomic E-state index is 13.2. The van der Waals surface area contributed by atoms with Gasteiger partial charge < -0.3 is 10.5 Å². The lowest BCUT2D eigenvalue weighted by atomic mass is 10.2. The Labute approximate surface area is 156 Å². The van der Waals surface area contributed by atoms with Crippen LogP contribution in [0, 0.1) is 6.92 Å². The highest BCUT2D eigenvalue weighted by molar-refractivity contribution is 7.92. The Morgan fingerprint density at radius 2 is 1.92 bits per heavy atom. The number of aryl methyl sites for hydroxylation is 1. The molecule has 0 saturated heterocycles. The van der Waals surface area contributed by atoms with E-state index in [0.717, 1.165) is 5.56 Å². The molecule has 8 heteroatoms. The number of rotatable bonds is 6. The number of nitrogen functional groups attached to an aromatic ring is 1. The minimum absolute atomic E-state index is 0.166. The molecule has 6 nitrogen and oxygen atoms in total. The minimum atomic E-state index is -3.79. The van der Waals surface area contributed by atoms with Gasteiger partial charge in [0.25, 0.3) is 10.0 Å². The fraction of sp³-hybridized carbons (Fsp3) is 0.167. The zero-order valence-corrected chi connectivity index (χ0v) is 16.0. The Bertz CT molecular complexity index is 985. The van der Waals surface area contributed by atoms with E-state index in [1.54, 1.807) is 49.2 Å². The molecule has 0 bridgehead atoms. The number of sulfonamides is 1. The molecule has 0 atom stereocenters. The van der Waals surface area contributed by atoms with E-state index in [1.807, 2.05) is 12.1 Å². The second-order valence-corrected chi connectivity index (χ2v) is 8.31. The maximum atomic E-state index is 13.2. The van der Waals surface area contributed by atoms with E-state index in [9.17, 15) is 8.42 Å². The van der Waals surface area contributed by atoms with Crippen molar-refractivity contribution in [2.24, 2.45) is 0 Å². The summed E-state index contributed by atoms with van der Waals surface area (Å²) in [5.74, 6) is 1.10. The van der Waals surface area contributed by atoms with Gasteiger partial charge in [-0.15, -0.1) is 11.3 Å². The van der Waals surface area contributed by atoms with Gasteiger partial charge >= 0.3 is 0 Å². The molecule has 1 heterocycles. The molecule has 0 fully saturated rings. The van der Waals surface area contributed by atoms with E-state index in [-0.39, 0.29) is 11.4 Å². The molecular weight excluding hydrogens is 370 g/mol. The highest BCUT2D eigenvalue weighted by Crippen LogP contribution is 2.27. The van der Waals surface area contributed by atoms with Gasteiger partial charge in [-0.1, -0.05) is 12.1 Å². The lowest BCUT2D eigenvalue weighted by molar-refractivity contribution is 0.414. The normalized spacial score (nSPS) is 11.3. The standard InChI is InChI=1S/C18H19N3O3S2/c1-13-9-16(7-8-17(13)19)26(22,23)21(18-11-25-12-20-18)10-14-3-5-15(24-2)6-4-14/h3-9,11-12H,10,19H2,1-2H3. The number of thiazole rings is 1. The van der Waals surface area contributed by atoms with Crippen LogP contribution in [0.4, 0.5) is 11.5 Å². The number of anilines is 2. The van der Waals surface area contributed by atoms with Crippen molar-refractivity contribution >= 4 is 32.9 Å². The summed E-state index contributed by atoms with van der Waals surface area (Å²) in [6.07, 6.45) is 0. The first-order valence-electron chi connectivity index (χ1n) is 7.82. The first-order chi connectivity index (χ1) is 12.4. The number of nitrogens with zero attached hydrogens (tertiary/aromatic N) is 2. The molecule has 0 spiro atoms. The molecule has 0 saturated carbocycles. The monoisotopic (exact) mass is 389 g/mol. The predicted octanol–water partition coefficient (Wildman–Crippen LogP) is 3.44. The molecule has 3 rings (SSSR count). The van der Waals surface area contributed by atoms with Crippen molar-refractivity contribution in [1.29, 1.82) is 0 Å². The second kappa shape index (κ2) is 7.35. The minimum Gasteiger partial charge on any atom is -0.497 e. The maximum Gasteiger partial charge on any atom is 0.265 e. The molecular formula is C18H19N3O3S2. The second-order valence-electron chi connectivity index (χ2n) is 5.72. The molecule has 0 amide bonds. The highest BCUT2D eigenvalue weighted by Gasteiger charge is 2.27. The Morgan fingerprint density at radius 3 is 2.50 bits per heavy atom. The Kier molecular flexibility index (Phi) is 5.15. The summed E-state index contributed by atoms with van der Waals surface area (Å²) in [6.45, 7) is 1.95. The molecule has 0 aliphatic rings. The fourth-order valence-corrected chi connectivity index (χ4v) is 4.54. The number of hydrogen-bond acceptors (Lipinski definition) is 6. The molecule has 1 aromatic heterocycles. The predicted molar refractivity (Wildman–Crippen MR) is 104 cm³/mol. The van der Waals surface area contributed by atoms with E-state index < -0.39 is 10.0 Å². The summed E-state index contributed by atoms with van der Waals surface area (Å²) in [6, 6.07) is 12.0. The lowest BCUT2D eigenvalue weighted by Gasteiger charge is -2.23. The van der Waals surface area contributed by atoms with Crippen molar-refractivity contribution in [2.45, 2.75) is 18.4 Å². The van der Waals surface area contributed by atoms with Gasteiger partial charge in [0.2, 0.25) is 0 Å². The van der Waals surface area contributed by atoms with E-state index in [0.29, 0.717) is 22.8 Å². The first-order valence-corrected chi connectivity index (χ1v) is 10.2. The van der Waals surface area contributed by atoms with Gasteiger partial charge in [0.05, 0.1) is 24.1 Å². The van der Waals surface area contributed by atoms with Crippen LogP contribution >= 0.6 is 11.3 Å². The van der Waals surface area contributed by atoms with Gasteiger partial charge in [-0.3, -0.25) is 0 Å². The van der Waals surface area contributed by atoms with Gasteiger partial charge in [0.15, 0.2) is 5.82 Å². The van der Waals surface area contributed by atoms with Crippen molar-refractivity contribution in [3.05, 3.63) is 64.5 Å². The van der Waals surface area contributed by atoms with Crippen LogP contribution in [-0.2, 0) is 16.6 Å². The van der Waals surface area contributed by atoms with Crippen molar-refractivity contribution in [2.75, 3.05) is 17.1 Å². The van der Waals surface area contributed by atoms with Gasteiger partial charge in [0.1, 0.15) is 5.75 Å². The molecule has 0 aliphatic heterocycles. The molecule has 2 N–H and O–H groups in total.